The maximum absolute atomic E-state index is 6.44. The Balaban J connectivity index is 1.72. The SMILES string of the molecule is CCn1nc(C)c(Cl)c1CN1CCCNC(C2CC2)C1. The van der Waals surface area contributed by atoms with Crippen LogP contribution in [-0.2, 0) is 13.1 Å². The summed E-state index contributed by atoms with van der Waals surface area (Å²) in [5.41, 5.74) is 2.14. The van der Waals surface area contributed by atoms with Gasteiger partial charge in [0, 0.05) is 25.7 Å². The molecule has 0 radical (unpaired) electrons. The van der Waals surface area contributed by atoms with Crippen LogP contribution in [0.3, 0.4) is 0 Å². The largest absolute Gasteiger partial charge is 0.312 e. The van der Waals surface area contributed by atoms with E-state index in [-0.39, 0.29) is 0 Å². The van der Waals surface area contributed by atoms with Crippen LogP contribution in [0.2, 0.25) is 5.02 Å². The molecule has 2 heterocycles. The Kier molecular flexibility index (Phi) is 4.34. The maximum Gasteiger partial charge on any atom is 0.0860 e. The maximum atomic E-state index is 6.44. The highest BCUT2D eigenvalue weighted by atomic mass is 35.5. The highest BCUT2D eigenvalue weighted by molar-refractivity contribution is 6.31. The van der Waals surface area contributed by atoms with E-state index in [1.54, 1.807) is 0 Å². The van der Waals surface area contributed by atoms with Crippen molar-refractivity contribution in [1.82, 2.24) is 20.0 Å². The molecule has 1 aliphatic carbocycles. The molecule has 112 valence electrons. The van der Waals surface area contributed by atoms with Crippen LogP contribution in [0.1, 0.15) is 37.6 Å². The topological polar surface area (TPSA) is 33.1 Å². The van der Waals surface area contributed by atoms with E-state index in [2.05, 4.69) is 26.9 Å². The normalized spacial score (nSPS) is 24.9. The van der Waals surface area contributed by atoms with Crippen molar-refractivity contribution < 1.29 is 0 Å². The number of hydrogen-bond acceptors (Lipinski definition) is 3. The summed E-state index contributed by atoms with van der Waals surface area (Å²) in [7, 11) is 0. The molecule has 0 amide bonds. The molecule has 1 N–H and O–H groups in total. The molecule has 0 aromatic carbocycles. The molecule has 2 fully saturated rings. The molecule has 1 aromatic heterocycles. The molecule has 0 bridgehead atoms. The summed E-state index contributed by atoms with van der Waals surface area (Å²) in [5.74, 6) is 0.906. The van der Waals surface area contributed by atoms with Crippen molar-refractivity contribution in [3.05, 3.63) is 16.4 Å². The third-order valence-electron chi connectivity index (χ3n) is 4.53. The van der Waals surface area contributed by atoms with Gasteiger partial charge in [-0.1, -0.05) is 11.6 Å². The number of halogens is 1. The summed E-state index contributed by atoms with van der Waals surface area (Å²) >= 11 is 6.44. The first-order chi connectivity index (χ1) is 9.69. The molecule has 3 rings (SSSR count). The molecule has 1 aromatic rings. The van der Waals surface area contributed by atoms with Crippen LogP contribution in [0.4, 0.5) is 0 Å². The van der Waals surface area contributed by atoms with E-state index in [1.165, 1.54) is 25.0 Å². The Bertz CT molecular complexity index is 467. The smallest absolute Gasteiger partial charge is 0.0860 e. The molecule has 5 heteroatoms. The average Bonchev–Trinajstić information content (AvgIpc) is 3.24. The third kappa shape index (κ3) is 3.02. The molecule has 20 heavy (non-hydrogen) atoms. The fourth-order valence-corrected chi connectivity index (χ4v) is 3.41. The lowest BCUT2D eigenvalue weighted by molar-refractivity contribution is 0.244. The van der Waals surface area contributed by atoms with Crippen LogP contribution in [0.15, 0.2) is 0 Å². The van der Waals surface area contributed by atoms with Crippen molar-refractivity contribution in [3.8, 4) is 0 Å². The molecule has 1 unspecified atom stereocenters. The zero-order valence-electron chi connectivity index (χ0n) is 12.5. The Morgan fingerprint density at radius 1 is 1.40 bits per heavy atom. The fraction of sp³-hybridized carbons (Fsp3) is 0.800. The molecule has 0 spiro atoms. The second-order valence-electron chi connectivity index (χ2n) is 6.15. The van der Waals surface area contributed by atoms with Crippen molar-refractivity contribution in [1.29, 1.82) is 0 Å². The van der Waals surface area contributed by atoms with Crippen LogP contribution in [-0.4, -0.2) is 40.4 Å². The predicted octanol–water partition coefficient (Wildman–Crippen LogP) is 2.44. The lowest BCUT2D eigenvalue weighted by Crippen LogP contribution is -2.39. The minimum Gasteiger partial charge on any atom is -0.312 e. The van der Waals surface area contributed by atoms with Crippen LogP contribution in [0.5, 0.6) is 0 Å². The van der Waals surface area contributed by atoms with Crippen LogP contribution in [0.25, 0.3) is 0 Å². The van der Waals surface area contributed by atoms with Crippen LogP contribution in [0, 0.1) is 12.8 Å². The van der Waals surface area contributed by atoms with Crippen molar-refractivity contribution in [2.45, 2.75) is 52.2 Å². The van der Waals surface area contributed by atoms with Gasteiger partial charge in [-0.2, -0.15) is 5.10 Å². The summed E-state index contributed by atoms with van der Waals surface area (Å²) in [6.45, 7) is 9.39. The minimum absolute atomic E-state index is 0.676. The van der Waals surface area contributed by atoms with Crippen LogP contribution < -0.4 is 5.32 Å². The van der Waals surface area contributed by atoms with Gasteiger partial charge >= 0.3 is 0 Å². The van der Waals surface area contributed by atoms with Gasteiger partial charge in [0.25, 0.3) is 0 Å². The van der Waals surface area contributed by atoms with Gasteiger partial charge in [-0.3, -0.25) is 9.58 Å². The number of aromatic nitrogens is 2. The number of nitrogens with zero attached hydrogens (tertiary/aromatic N) is 3. The van der Waals surface area contributed by atoms with E-state index in [0.29, 0.717) is 6.04 Å². The van der Waals surface area contributed by atoms with E-state index in [1.807, 2.05) is 6.92 Å². The monoisotopic (exact) mass is 296 g/mol. The molecule has 1 saturated heterocycles. The van der Waals surface area contributed by atoms with Crippen molar-refractivity contribution >= 4 is 11.6 Å². The van der Waals surface area contributed by atoms with Gasteiger partial charge in [0.2, 0.25) is 0 Å². The van der Waals surface area contributed by atoms with Gasteiger partial charge in [-0.15, -0.1) is 0 Å². The first-order valence-electron chi connectivity index (χ1n) is 7.86. The van der Waals surface area contributed by atoms with Gasteiger partial charge in [0.15, 0.2) is 0 Å². The quantitative estimate of drug-likeness (QED) is 0.926. The predicted molar refractivity (Wildman–Crippen MR) is 82.1 cm³/mol. The third-order valence-corrected chi connectivity index (χ3v) is 5.02. The zero-order chi connectivity index (χ0) is 14.1. The lowest BCUT2D eigenvalue weighted by Gasteiger charge is -2.24. The van der Waals surface area contributed by atoms with Crippen LogP contribution >= 0.6 is 11.6 Å². The first kappa shape index (κ1) is 14.4. The summed E-state index contributed by atoms with van der Waals surface area (Å²) in [6, 6.07) is 0.676. The summed E-state index contributed by atoms with van der Waals surface area (Å²) < 4.78 is 2.06. The Labute approximate surface area is 126 Å². The van der Waals surface area contributed by atoms with Gasteiger partial charge in [0.1, 0.15) is 0 Å². The summed E-state index contributed by atoms with van der Waals surface area (Å²) in [5, 5.41) is 9.09. The standard InChI is InChI=1S/C15H25ClN4/c1-3-20-14(15(16)11(2)18-20)10-19-8-4-7-17-13(9-19)12-5-6-12/h12-13,17H,3-10H2,1-2H3. The van der Waals surface area contributed by atoms with E-state index >= 15 is 0 Å². The lowest BCUT2D eigenvalue weighted by atomic mass is 10.2. The van der Waals surface area contributed by atoms with Gasteiger partial charge in [-0.25, -0.2) is 0 Å². The molecular weight excluding hydrogens is 272 g/mol. The zero-order valence-corrected chi connectivity index (χ0v) is 13.3. The van der Waals surface area contributed by atoms with E-state index in [4.69, 9.17) is 11.6 Å². The fourth-order valence-electron chi connectivity index (χ4n) is 3.21. The van der Waals surface area contributed by atoms with E-state index < -0.39 is 0 Å². The van der Waals surface area contributed by atoms with Gasteiger partial charge in [0.05, 0.1) is 16.4 Å². The van der Waals surface area contributed by atoms with Gasteiger partial charge < -0.3 is 5.32 Å². The minimum atomic E-state index is 0.676. The van der Waals surface area contributed by atoms with E-state index in [9.17, 15) is 0 Å². The van der Waals surface area contributed by atoms with Gasteiger partial charge in [-0.05, 0) is 52.1 Å². The molecule has 1 atom stereocenters. The Hall–Kier alpha value is -0.580. The molecular formula is C15H25ClN4. The van der Waals surface area contributed by atoms with Crippen molar-refractivity contribution in [3.63, 3.8) is 0 Å². The number of nitrogens with one attached hydrogen (secondary N) is 1. The number of rotatable bonds is 4. The van der Waals surface area contributed by atoms with Crippen molar-refractivity contribution in [2.75, 3.05) is 19.6 Å². The Morgan fingerprint density at radius 2 is 2.20 bits per heavy atom. The number of aryl methyl sites for hydroxylation is 2. The highest BCUT2D eigenvalue weighted by Crippen LogP contribution is 2.34. The number of hydrogen-bond donors (Lipinski definition) is 1. The molecule has 1 saturated carbocycles. The average molecular weight is 297 g/mol. The highest BCUT2D eigenvalue weighted by Gasteiger charge is 2.33. The Morgan fingerprint density at radius 3 is 2.90 bits per heavy atom. The summed E-state index contributed by atoms with van der Waals surface area (Å²) in [6.07, 6.45) is 4.02. The molecule has 1 aliphatic heterocycles. The molecule has 2 aliphatic rings. The molecule has 4 nitrogen and oxygen atoms in total. The first-order valence-corrected chi connectivity index (χ1v) is 8.24. The summed E-state index contributed by atoms with van der Waals surface area (Å²) in [4.78, 5) is 2.55. The van der Waals surface area contributed by atoms with Crippen molar-refractivity contribution in [2.24, 2.45) is 5.92 Å². The second-order valence-corrected chi connectivity index (χ2v) is 6.53. The van der Waals surface area contributed by atoms with E-state index in [0.717, 1.165) is 49.4 Å². The second kappa shape index (κ2) is 6.04.